The second kappa shape index (κ2) is 51.8. The van der Waals surface area contributed by atoms with Gasteiger partial charge in [0.15, 0.2) is 0 Å². The number of nitrogens with one attached hydrogen (secondary N) is 1. The fourth-order valence-electron chi connectivity index (χ4n) is 8.44. The standard InChI is InChI=1S/C58H107NO5/c1-4-7-10-13-16-19-22-25-28-29-30-32-35-38-41-44-47-50-56(61)55(53-60)59-57(62)52-54(49-46-43-40-37-34-31-26-23-20-17-14-11-8-5-2)64-58(63)51-48-45-42-39-36-33-27-24-21-18-15-12-9-6-3/h8,11,17,20,26,31,33,36,54-56,60-61H,4-7,9-10,12-16,18-19,21-25,27-30,32,34-35,37-53H2,1-3H3,(H,59,62)/b11-8+,20-17+,31-26+,36-33-. The molecule has 3 atom stereocenters. The lowest BCUT2D eigenvalue weighted by atomic mass is 10.0. The van der Waals surface area contributed by atoms with Crippen LogP contribution in [0.3, 0.4) is 0 Å². The molecule has 3 N–H and O–H groups in total. The number of aliphatic hydroxyl groups excluding tert-OH is 2. The fraction of sp³-hybridized carbons (Fsp3) is 0.828. The van der Waals surface area contributed by atoms with Crippen molar-refractivity contribution in [2.24, 2.45) is 0 Å². The van der Waals surface area contributed by atoms with Gasteiger partial charge >= 0.3 is 5.97 Å². The Bertz CT molecular complexity index is 1100. The average Bonchev–Trinajstić information content (AvgIpc) is 3.29. The van der Waals surface area contributed by atoms with E-state index in [1.54, 1.807) is 0 Å². The van der Waals surface area contributed by atoms with Crippen LogP contribution in [0.25, 0.3) is 0 Å². The van der Waals surface area contributed by atoms with E-state index in [1.165, 1.54) is 141 Å². The number of ether oxygens (including phenoxy) is 1. The Balaban J connectivity index is 4.56. The predicted molar refractivity (Wildman–Crippen MR) is 278 cm³/mol. The van der Waals surface area contributed by atoms with Crippen LogP contribution in [0.2, 0.25) is 0 Å². The molecule has 0 aromatic heterocycles. The molecule has 3 unspecified atom stereocenters. The van der Waals surface area contributed by atoms with Gasteiger partial charge in [0.1, 0.15) is 6.10 Å². The summed E-state index contributed by atoms with van der Waals surface area (Å²) in [5, 5.41) is 23.9. The number of carbonyl (C=O) groups is 2. The van der Waals surface area contributed by atoms with Crippen LogP contribution >= 0.6 is 0 Å². The first-order chi connectivity index (χ1) is 31.5. The van der Waals surface area contributed by atoms with Crippen molar-refractivity contribution in [1.82, 2.24) is 5.32 Å². The van der Waals surface area contributed by atoms with Crippen LogP contribution in [0.5, 0.6) is 0 Å². The largest absolute Gasteiger partial charge is 0.462 e. The van der Waals surface area contributed by atoms with Crippen molar-refractivity contribution in [2.45, 2.75) is 302 Å². The quantitative estimate of drug-likeness (QED) is 0.0321. The molecular weight excluding hydrogens is 791 g/mol. The molecule has 64 heavy (non-hydrogen) atoms. The number of carbonyl (C=O) groups excluding carboxylic acids is 2. The van der Waals surface area contributed by atoms with Crippen LogP contribution in [0, 0.1) is 0 Å². The van der Waals surface area contributed by atoms with Crippen LogP contribution < -0.4 is 5.32 Å². The maximum Gasteiger partial charge on any atom is 0.306 e. The second-order valence-corrected chi connectivity index (χ2v) is 19.0. The summed E-state index contributed by atoms with van der Waals surface area (Å²) in [6.45, 7) is 6.38. The molecule has 0 aliphatic heterocycles. The highest BCUT2D eigenvalue weighted by Gasteiger charge is 2.24. The molecule has 0 radical (unpaired) electrons. The van der Waals surface area contributed by atoms with Crippen molar-refractivity contribution < 1.29 is 24.5 Å². The summed E-state index contributed by atoms with van der Waals surface area (Å²) in [6, 6.07) is -0.712. The van der Waals surface area contributed by atoms with E-state index in [1.807, 2.05) is 0 Å². The molecule has 1 amide bonds. The number of esters is 1. The summed E-state index contributed by atoms with van der Waals surface area (Å²) in [5.74, 6) is -0.507. The maximum atomic E-state index is 13.2. The first-order valence-corrected chi connectivity index (χ1v) is 27.9. The van der Waals surface area contributed by atoms with Gasteiger partial charge in [-0.15, -0.1) is 0 Å². The number of aliphatic hydroxyl groups is 2. The van der Waals surface area contributed by atoms with Gasteiger partial charge in [0, 0.05) is 6.42 Å². The zero-order valence-electron chi connectivity index (χ0n) is 42.7. The topological polar surface area (TPSA) is 95.9 Å². The molecular formula is C58H107NO5. The molecule has 0 saturated carbocycles. The van der Waals surface area contributed by atoms with Gasteiger partial charge in [-0.1, -0.05) is 236 Å². The minimum absolute atomic E-state index is 0.0576. The van der Waals surface area contributed by atoms with E-state index in [9.17, 15) is 19.8 Å². The van der Waals surface area contributed by atoms with E-state index < -0.39 is 18.2 Å². The average molecular weight is 898 g/mol. The van der Waals surface area contributed by atoms with E-state index in [4.69, 9.17) is 4.74 Å². The molecule has 0 aliphatic carbocycles. The maximum absolute atomic E-state index is 13.2. The van der Waals surface area contributed by atoms with Crippen molar-refractivity contribution in [3.8, 4) is 0 Å². The zero-order chi connectivity index (χ0) is 46.7. The van der Waals surface area contributed by atoms with Crippen LogP contribution in [0.1, 0.15) is 284 Å². The number of amides is 1. The lowest BCUT2D eigenvalue weighted by molar-refractivity contribution is -0.151. The van der Waals surface area contributed by atoms with Gasteiger partial charge in [0.2, 0.25) is 5.91 Å². The monoisotopic (exact) mass is 898 g/mol. The van der Waals surface area contributed by atoms with Gasteiger partial charge in [0.25, 0.3) is 0 Å². The lowest BCUT2D eigenvalue weighted by Crippen LogP contribution is -2.46. The number of hydrogen-bond acceptors (Lipinski definition) is 5. The fourth-order valence-corrected chi connectivity index (χ4v) is 8.44. The number of unbranched alkanes of at least 4 members (excludes halogenated alkanes) is 30. The van der Waals surface area contributed by atoms with Crippen LogP contribution in [0.15, 0.2) is 48.6 Å². The highest BCUT2D eigenvalue weighted by molar-refractivity contribution is 5.77. The summed E-state index contributed by atoms with van der Waals surface area (Å²) < 4.78 is 5.93. The normalized spacial score (nSPS) is 13.5. The molecule has 6 nitrogen and oxygen atoms in total. The molecule has 0 spiro atoms. The van der Waals surface area contributed by atoms with Crippen molar-refractivity contribution in [2.75, 3.05) is 6.61 Å². The summed E-state index contributed by atoms with van der Waals surface area (Å²) in [5.41, 5.74) is 0. The van der Waals surface area contributed by atoms with Gasteiger partial charge in [0.05, 0.1) is 25.2 Å². The minimum Gasteiger partial charge on any atom is -0.462 e. The third-order valence-electron chi connectivity index (χ3n) is 12.6. The van der Waals surface area contributed by atoms with Crippen LogP contribution in [0.4, 0.5) is 0 Å². The van der Waals surface area contributed by atoms with E-state index in [-0.39, 0.29) is 24.9 Å². The number of allylic oxidation sites excluding steroid dienone is 8. The highest BCUT2D eigenvalue weighted by atomic mass is 16.5. The van der Waals surface area contributed by atoms with E-state index >= 15 is 0 Å². The van der Waals surface area contributed by atoms with E-state index in [0.717, 1.165) is 96.3 Å². The summed E-state index contributed by atoms with van der Waals surface area (Å²) >= 11 is 0. The Morgan fingerprint density at radius 3 is 1.30 bits per heavy atom. The first kappa shape index (κ1) is 61.8. The molecule has 0 aromatic carbocycles. The molecule has 0 heterocycles. The lowest BCUT2D eigenvalue weighted by Gasteiger charge is -2.24. The minimum atomic E-state index is -0.797. The molecule has 0 bridgehead atoms. The van der Waals surface area contributed by atoms with Gasteiger partial charge in [-0.05, 0) is 83.5 Å². The molecule has 0 aromatic rings. The molecule has 0 rings (SSSR count). The Kier molecular flexibility index (Phi) is 50.0. The van der Waals surface area contributed by atoms with Crippen LogP contribution in [-0.2, 0) is 14.3 Å². The van der Waals surface area contributed by atoms with Crippen molar-refractivity contribution in [3.05, 3.63) is 48.6 Å². The Morgan fingerprint density at radius 2 is 0.844 bits per heavy atom. The predicted octanol–water partition coefficient (Wildman–Crippen LogP) is 17.0. The van der Waals surface area contributed by atoms with Gasteiger partial charge in [-0.3, -0.25) is 9.59 Å². The summed E-state index contributed by atoms with van der Waals surface area (Å²) in [4.78, 5) is 26.2. The van der Waals surface area contributed by atoms with Crippen molar-refractivity contribution >= 4 is 11.9 Å². The molecule has 374 valence electrons. The first-order valence-electron chi connectivity index (χ1n) is 27.9. The number of rotatable bonds is 50. The highest BCUT2D eigenvalue weighted by Crippen LogP contribution is 2.18. The Hall–Kier alpha value is -2.18. The van der Waals surface area contributed by atoms with Crippen molar-refractivity contribution in [3.63, 3.8) is 0 Å². The third-order valence-corrected chi connectivity index (χ3v) is 12.6. The molecule has 0 saturated heterocycles. The molecule has 0 aliphatic rings. The smallest absolute Gasteiger partial charge is 0.306 e. The Labute approximate surface area is 397 Å². The van der Waals surface area contributed by atoms with Gasteiger partial charge in [-0.25, -0.2) is 0 Å². The summed E-state index contributed by atoms with van der Waals surface area (Å²) in [7, 11) is 0. The van der Waals surface area contributed by atoms with Gasteiger partial charge in [-0.2, -0.15) is 0 Å². The summed E-state index contributed by atoms with van der Waals surface area (Å²) in [6.07, 6.45) is 63.2. The van der Waals surface area contributed by atoms with E-state index in [0.29, 0.717) is 19.3 Å². The SMILES string of the molecule is CC/C=C/C/C=C/C/C=C/CCCCCCC(CC(=O)NC(CO)C(O)CCCCCCCCCCCCCCCCCCC)OC(=O)CCCCC/C=C\CCCCCCCCC. The van der Waals surface area contributed by atoms with Crippen molar-refractivity contribution in [1.29, 1.82) is 0 Å². The van der Waals surface area contributed by atoms with Crippen LogP contribution in [-0.4, -0.2) is 46.9 Å². The molecule has 6 heteroatoms. The molecule has 0 fully saturated rings. The third kappa shape index (κ3) is 46.4. The number of hydrogen-bond donors (Lipinski definition) is 3. The van der Waals surface area contributed by atoms with E-state index in [2.05, 4.69) is 74.7 Å². The van der Waals surface area contributed by atoms with Gasteiger partial charge < -0.3 is 20.3 Å². The Morgan fingerprint density at radius 1 is 0.469 bits per heavy atom. The second-order valence-electron chi connectivity index (χ2n) is 19.0. The zero-order valence-corrected chi connectivity index (χ0v) is 42.7.